The van der Waals surface area contributed by atoms with Crippen molar-refractivity contribution >= 4 is 15.3 Å². The van der Waals surface area contributed by atoms with Crippen molar-refractivity contribution in [2.75, 3.05) is 20.6 Å². The van der Waals surface area contributed by atoms with Gasteiger partial charge in [0.05, 0.1) is 5.92 Å². The maximum atomic E-state index is 11.2. The molecular formula is C7H15N2OP. The lowest BCUT2D eigenvalue weighted by atomic mass is 9.89. The van der Waals surface area contributed by atoms with E-state index in [0.717, 1.165) is 6.54 Å². The van der Waals surface area contributed by atoms with E-state index < -0.39 is 0 Å². The van der Waals surface area contributed by atoms with Crippen LogP contribution in [0, 0.1) is 5.92 Å². The Kier molecular flexibility index (Phi) is 2.50. The molecular weight excluding hydrogens is 159 g/mol. The third-order valence-corrected chi connectivity index (χ3v) is 2.55. The molecule has 0 radical (unpaired) electrons. The highest BCUT2D eigenvalue weighted by Crippen LogP contribution is 2.25. The van der Waals surface area contributed by atoms with E-state index in [-0.39, 0.29) is 11.8 Å². The van der Waals surface area contributed by atoms with Crippen LogP contribution in [0.25, 0.3) is 0 Å². The molecule has 1 amide bonds. The van der Waals surface area contributed by atoms with Gasteiger partial charge in [-0.15, -0.1) is 0 Å². The third kappa shape index (κ3) is 1.54. The van der Waals surface area contributed by atoms with Crippen molar-refractivity contribution in [1.29, 1.82) is 0 Å². The molecule has 1 rings (SSSR count). The summed E-state index contributed by atoms with van der Waals surface area (Å²) in [6.07, 6.45) is 0. The molecule has 1 saturated heterocycles. The first-order valence-electron chi connectivity index (χ1n) is 3.76. The lowest BCUT2D eigenvalue weighted by Crippen LogP contribution is -2.59. The Morgan fingerprint density at radius 3 is 2.64 bits per heavy atom. The summed E-state index contributed by atoms with van der Waals surface area (Å²) >= 11 is 0. The fraction of sp³-hybridized carbons (Fsp3) is 0.857. The molecule has 0 N–H and O–H groups in total. The number of likely N-dealkylation sites (tertiary alicyclic amines) is 1. The lowest BCUT2D eigenvalue weighted by Gasteiger charge is -2.43. The first kappa shape index (κ1) is 8.95. The Hall–Kier alpha value is -0.140. The molecule has 0 aliphatic carbocycles. The SMILES string of the molecule is CC1C(CN(C)P)C(=O)N1C. The van der Waals surface area contributed by atoms with E-state index >= 15 is 0 Å². The Morgan fingerprint density at radius 2 is 2.27 bits per heavy atom. The van der Waals surface area contributed by atoms with Gasteiger partial charge in [-0.3, -0.25) is 9.46 Å². The summed E-state index contributed by atoms with van der Waals surface area (Å²) in [4.78, 5) is 13.0. The van der Waals surface area contributed by atoms with Crippen molar-refractivity contribution in [2.45, 2.75) is 13.0 Å². The number of hydrogen-bond acceptors (Lipinski definition) is 2. The Balaban J connectivity index is 2.43. The van der Waals surface area contributed by atoms with Gasteiger partial charge in [0.1, 0.15) is 0 Å². The van der Waals surface area contributed by atoms with Gasteiger partial charge in [-0.2, -0.15) is 0 Å². The monoisotopic (exact) mass is 174 g/mol. The molecule has 0 aromatic carbocycles. The molecule has 0 aromatic rings. The zero-order valence-electron chi connectivity index (χ0n) is 7.24. The lowest BCUT2D eigenvalue weighted by molar-refractivity contribution is -0.152. The number of carbonyl (C=O) groups is 1. The van der Waals surface area contributed by atoms with Crippen LogP contribution < -0.4 is 0 Å². The molecule has 3 unspecified atom stereocenters. The van der Waals surface area contributed by atoms with Crippen molar-refractivity contribution in [3.63, 3.8) is 0 Å². The standard InChI is InChI=1S/C7H15N2OP/c1-5-6(4-8(2)11)7(10)9(5)3/h5-6H,4,11H2,1-3H3. The van der Waals surface area contributed by atoms with Crippen molar-refractivity contribution in [1.82, 2.24) is 9.57 Å². The van der Waals surface area contributed by atoms with Gasteiger partial charge in [-0.25, -0.2) is 0 Å². The van der Waals surface area contributed by atoms with E-state index in [0.29, 0.717) is 6.04 Å². The number of rotatable bonds is 2. The zero-order valence-corrected chi connectivity index (χ0v) is 8.40. The van der Waals surface area contributed by atoms with Crippen LogP contribution in [0.1, 0.15) is 6.92 Å². The van der Waals surface area contributed by atoms with Crippen LogP contribution in [-0.4, -0.2) is 42.2 Å². The largest absolute Gasteiger partial charge is 0.342 e. The molecule has 0 saturated carbocycles. The zero-order chi connectivity index (χ0) is 8.59. The van der Waals surface area contributed by atoms with Crippen molar-refractivity contribution < 1.29 is 4.79 Å². The second-order valence-corrected chi connectivity index (χ2v) is 4.12. The Morgan fingerprint density at radius 1 is 1.73 bits per heavy atom. The normalized spacial score (nSPS) is 31.0. The number of β-lactam (4-membered cyclic amide) rings is 1. The summed E-state index contributed by atoms with van der Waals surface area (Å²) in [5.74, 6) is 0.481. The Bertz CT molecular complexity index is 172. The van der Waals surface area contributed by atoms with Crippen LogP contribution in [0.15, 0.2) is 0 Å². The predicted octanol–water partition coefficient (Wildman–Crippen LogP) is 0.185. The van der Waals surface area contributed by atoms with E-state index in [1.807, 2.05) is 18.8 Å². The summed E-state index contributed by atoms with van der Waals surface area (Å²) < 4.78 is 1.98. The average molecular weight is 174 g/mol. The van der Waals surface area contributed by atoms with Crippen molar-refractivity contribution in [2.24, 2.45) is 5.92 Å². The average Bonchev–Trinajstić information content (AvgIpc) is 1.98. The van der Waals surface area contributed by atoms with Gasteiger partial charge < -0.3 is 4.90 Å². The van der Waals surface area contributed by atoms with Crippen molar-refractivity contribution in [3.05, 3.63) is 0 Å². The molecule has 11 heavy (non-hydrogen) atoms. The second kappa shape index (κ2) is 3.08. The summed E-state index contributed by atoms with van der Waals surface area (Å²) in [5.41, 5.74) is 0. The summed E-state index contributed by atoms with van der Waals surface area (Å²) in [6.45, 7) is 2.93. The Labute approximate surface area is 70.0 Å². The van der Waals surface area contributed by atoms with Crippen LogP contribution in [0.3, 0.4) is 0 Å². The minimum atomic E-state index is 0.211. The fourth-order valence-electron chi connectivity index (χ4n) is 1.40. The van der Waals surface area contributed by atoms with Crippen LogP contribution in [0.2, 0.25) is 0 Å². The van der Waals surface area contributed by atoms with E-state index in [2.05, 4.69) is 16.3 Å². The highest BCUT2D eigenvalue weighted by molar-refractivity contribution is 7.13. The molecule has 1 aliphatic heterocycles. The molecule has 0 aromatic heterocycles. The second-order valence-electron chi connectivity index (χ2n) is 3.24. The van der Waals surface area contributed by atoms with Crippen molar-refractivity contribution in [3.8, 4) is 0 Å². The molecule has 1 aliphatic rings. The first-order valence-corrected chi connectivity index (χ1v) is 4.28. The van der Waals surface area contributed by atoms with Gasteiger partial charge in [0, 0.05) is 19.6 Å². The first-order chi connectivity index (χ1) is 5.04. The van der Waals surface area contributed by atoms with Gasteiger partial charge in [0.15, 0.2) is 0 Å². The number of nitrogens with zero attached hydrogens (tertiary/aromatic N) is 2. The molecule has 4 heteroatoms. The fourth-order valence-corrected chi connectivity index (χ4v) is 1.62. The van der Waals surface area contributed by atoms with E-state index in [4.69, 9.17) is 0 Å². The maximum Gasteiger partial charge on any atom is 0.229 e. The van der Waals surface area contributed by atoms with Gasteiger partial charge in [0.2, 0.25) is 5.91 Å². The minimum Gasteiger partial charge on any atom is -0.342 e. The highest BCUT2D eigenvalue weighted by atomic mass is 31.0. The number of hydrogen-bond donors (Lipinski definition) is 0. The summed E-state index contributed by atoms with van der Waals surface area (Å²) in [5, 5.41) is 0. The van der Waals surface area contributed by atoms with E-state index in [1.165, 1.54) is 0 Å². The molecule has 3 nitrogen and oxygen atoms in total. The highest BCUT2D eigenvalue weighted by Gasteiger charge is 2.41. The molecule has 1 heterocycles. The van der Waals surface area contributed by atoms with Gasteiger partial charge in [-0.1, -0.05) is 9.39 Å². The minimum absolute atomic E-state index is 0.211. The smallest absolute Gasteiger partial charge is 0.229 e. The topological polar surface area (TPSA) is 23.6 Å². The summed E-state index contributed by atoms with van der Waals surface area (Å²) in [7, 11) is 6.39. The van der Waals surface area contributed by atoms with Crippen LogP contribution in [0.5, 0.6) is 0 Å². The molecule has 64 valence electrons. The molecule has 0 bridgehead atoms. The van der Waals surface area contributed by atoms with Crippen LogP contribution >= 0.6 is 9.39 Å². The van der Waals surface area contributed by atoms with Gasteiger partial charge in [-0.05, 0) is 14.0 Å². The molecule has 3 atom stereocenters. The van der Waals surface area contributed by atoms with Gasteiger partial charge in [0.25, 0.3) is 0 Å². The number of carbonyl (C=O) groups excluding carboxylic acids is 1. The van der Waals surface area contributed by atoms with E-state index in [1.54, 1.807) is 4.90 Å². The van der Waals surface area contributed by atoms with Crippen LogP contribution in [0.4, 0.5) is 0 Å². The quantitative estimate of drug-likeness (QED) is 0.440. The van der Waals surface area contributed by atoms with Gasteiger partial charge >= 0.3 is 0 Å². The van der Waals surface area contributed by atoms with E-state index in [9.17, 15) is 4.79 Å². The molecule has 1 fully saturated rings. The maximum absolute atomic E-state index is 11.2. The number of amides is 1. The molecule has 0 spiro atoms. The predicted molar refractivity (Wildman–Crippen MR) is 48.1 cm³/mol. The third-order valence-electron chi connectivity index (χ3n) is 2.34. The van der Waals surface area contributed by atoms with Crippen LogP contribution in [-0.2, 0) is 4.79 Å². The summed E-state index contributed by atoms with van der Waals surface area (Å²) in [6, 6.07) is 0.408.